The minimum Gasteiger partial charge on any atom is -0.267 e. The third-order valence-corrected chi connectivity index (χ3v) is 6.54. The Morgan fingerprint density at radius 3 is 2.33 bits per heavy atom. The topological polar surface area (TPSA) is 54.4 Å². The summed E-state index contributed by atoms with van der Waals surface area (Å²) in [4.78, 5) is 18.2. The highest BCUT2D eigenvalue weighted by molar-refractivity contribution is 6.30. The molecule has 0 aliphatic rings. The van der Waals surface area contributed by atoms with Gasteiger partial charge in [0.1, 0.15) is 0 Å². The monoisotopic (exact) mass is 517 g/mol. The van der Waals surface area contributed by atoms with Crippen LogP contribution in [0.1, 0.15) is 55.1 Å². The van der Waals surface area contributed by atoms with E-state index in [4.69, 9.17) is 28.2 Å². The SMILES string of the molecule is CC(C)(C)c1ccc(/C(CCCCl)=N\NC(=O)c2cc(-c3ccc(Cl)cc3)nc3ccccc23)cc1. The maximum Gasteiger partial charge on any atom is 0.272 e. The predicted molar refractivity (Wildman–Crippen MR) is 151 cm³/mol. The molecule has 0 aliphatic heterocycles. The fraction of sp³-hybridized carbons (Fsp3) is 0.233. The number of hydrogen-bond acceptors (Lipinski definition) is 3. The Morgan fingerprint density at radius 1 is 0.972 bits per heavy atom. The number of amides is 1. The number of pyridine rings is 1. The molecule has 0 aliphatic carbocycles. The summed E-state index contributed by atoms with van der Waals surface area (Å²) in [6, 6.07) is 25.1. The summed E-state index contributed by atoms with van der Waals surface area (Å²) in [5.74, 6) is 0.227. The molecular formula is C30H29Cl2N3O. The molecule has 36 heavy (non-hydrogen) atoms. The van der Waals surface area contributed by atoms with Gasteiger partial charge in [0.25, 0.3) is 5.91 Å². The molecule has 0 spiro atoms. The molecule has 1 amide bonds. The lowest BCUT2D eigenvalue weighted by molar-refractivity contribution is 0.0956. The molecule has 0 atom stereocenters. The highest BCUT2D eigenvalue weighted by Gasteiger charge is 2.16. The van der Waals surface area contributed by atoms with Crippen LogP contribution in [0.4, 0.5) is 0 Å². The molecule has 4 nitrogen and oxygen atoms in total. The molecule has 0 unspecified atom stereocenters. The van der Waals surface area contributed by atoms with Crippen molar-refractivity contribution in [1.82, 2.24) is 10.4 Å². The molecule has 1 N–H and O–H groups in total. The lowest BCUT2D eigenvalue weighted by Crippen LogP contribution is -2.21. The Morgan fingerprint density at radius 2 is 1.67 bits per heavy atom. The zero-order chi connectivity index (χ0) is 25.7. The first-order valence-corrected chi connectivity index (χ1v) is 12.9. The van der Waals surface area contributed by atoms with Crippen molar-refractivity contribution in [1.29, 1.82) is 0 Å². The first-order chi connectivity index (χ1) is 17.3. The molecule has 0 bridgehead atoms. The van der Waals surface area contributed by atoms with Crippen LogP contribution in [0, 0.1) is 0 Å². The van der Waals surface area contributed by atoms with Gasteiger partial charge in [-0.2, -0.15) is 5.10 Å². The fourth-order valence-corrected chi connectivity index (χ4v) is 4.23. The zero-order valence-electron chi connectivity index (χ0n) is 20.7. The van der Waals surface area contributed by atoms with E-state index in [-0.39, 0.29) is 11.3 Å². The van der Waals surface area contributed by atoms with Crippen LogP contribution in [0.15, 0.2) is 84.0 Å². The minimum atomic E-state index is -0.293. The zero-order valence-corrected chi connectivity index (χ0v) is 22.2. The van der Waals surface area contributed by atoms with Gasteiger partial charge in [-0.25, -0.2) is 10.4 Å². The van der Waals surface area contributed by atoms with Crippen LogP contribution in [0.25, 0.3) is 22.2 Å². The van der Waals surface area contributed by atoms with Gasteiger partial charge in [-0.15, -0.1) is 11.6 Å². The number of nitrogens with zero attached hydrogens (tertiary/aromatic N) is 2. The van der Waals surface area contributed by atoms with Crippen LogP contribution in [-0.4, -0.2) is 22.5 Å². The summed E-state index contributed by atoms with van der Waals surface area (Å²) in [5.41, 5.74) is 8.67. The van der Waals surface area contributed by atoms with Gasteiger partial charge in [0.2, 0.25) is 0 Å². The van der Waals surface area contributed by atoms with Crippen molar-refractivity contribution < 1.29 is 4.79 Å². The van der Waals surface area contributed by atoms with Crippen molar-refractivity contribution in [3.63, 3.8) is 0 Å². The number of nitrogens with one attached hydrogen (secondary N) is 1. The number of carbonyl (C=O) groups excluding carboxylic acids is 1. The molecule has 0 saturated heterocycles. The molecular weight excluding hydrogens is 489 g/mol. The number of para-hydroxylation sites is 1. The number of aromatic nitrogens is 1. The highest BCUT2D eigenvalue weighted by Crippen LogP contribution is 2.26. The molecule has 6 heteroatoms. The number of carbonyl (C=O) groups is 1. The summed E-state index contributed by atoms with van der Waals surface area (Å²) >= 11 is 12.0. The van der Waals surface area contributed by atoms with Gasteiger partial charge in [0.05, 0.1) is 22.5 Å². The number of halogens is 2. The smallest absolute Gasteiger partial charge is 0.267 e. The third-order valence-electron chi connectivity index (χ3n) is 6.02. The van der Waals surface area contributed by atoms with Crippen molar-refractivity contribution in [3.8, 4) is 11.3 Å². The number of alkyl halides is 1. The number of hydrogen-bond donors (Lipinski definition) is 1. The molecule has 184 valence electrons. The molecule has 1 heterocycles. The van der Waals surface area contributed by atoms with E-state index in [1.165, 1.54) is 5.56 Å². The van der Waals surface area contributed by atoms with E-state index in [1.54, 1.807) is 6.07 Å². The summed E-state index contributed by atoms with van der Waals surface area (Å²) in [7, 11) is 0. The number of benzene rings is 3. The van der Waals surface area contributed by atoms with Crippen molar-refractivity contribution in [3.05, 3.63) is 101 Å². The lowest BCUT2D eigenvalue weighted by atomic mass is 9.86. The molecule has 0 fully saturated rings. The second kappa shape index (κ2) is 11.2. The van der Waals surface area contributed by atoms with Crippen molar-refractivity contribution in [2.75, 3.05) is 5.88 Å². The summed E-state index contributed by atoms with van der Waals surface area (Å²) < 4.78 is 0. The first-order valence-electron chi connectivity index (χ1n) is 12.0. The van der Waals surface area contributed by atoms with Gasteiger partial charge < -0.3 is 0 Å². The van der Waals surface area contributed by atoms with Crippen LogP contribution >= 0.6 is 23.2 Å². The van der Waals surface area contributed by atoms with Crippen LogP contribution < -0.4 is 5.43 Å². The Hall–Kier alpha value is -3.21. The molecule has 0 radical (unpaired) electrons. The van der Waals surface area contributed by atoms with Gasteiger partial charge in [0, 0.05) is 21.9 Å². The largest absolute Gasteiger partial charge is 0.272 e. The quantitative estimate of drug-likeness (QED) is 0.153. The normalized spacial score (nSPS) is 12.1. The lowest BCUT2D eigenvalue weighted by Gasteiger charge is -2.19. The van der Waals surface area contributed by atoms with Gasteiger partial charge in [0.15, 0.2) is 0 Å². The Kier molecular flexibility index (Phi) is 8.07. The second-order valence-electron chi connectivity index (χ2n) is 9.70. The number of rotatable bonds is 7. The van der Waals surface area contributed by atoms with E-state index in [0.717, 1.165) is 34.2 Å². The van der Waals surface area contributed by atoms with Crippen LogP contribution in [0.5, 0.6) is 0 Å². The van der Waals surface area contributed by atoms with Crippen molar-refractivity contribution in [2.45, 2.75) is 39.0 Å². The van der Waals surface area contributed by atoms with Crippen molar-refractivity contribution >= 4 is 45.7 Å². The van der Waals surface area contributed by atoms with E-state index in [0.29, 0.717) is 28.6 Å². The molecule has 4 rings (SSSR count). The van der Waals surface area contributed by atoms with Gasteiger partial charge in [-0.3, -0.25) is 4.79 Å². The summed E-state index contributed by atoms with van der Waals surface area (Å²) in [6.07, 6.45) is 1.42. The van der Waals surface area contributed by atoms with Crippen molar-refractivity contribution in [2.24, 2.45) is 5.10 Å². The number of fused-ring (bicyclic) bond motifs is 1. The summed E-state index contributed by atoms with van der Waals surface area (Å²) in [5, 5.41) is 5.95. The van der Waals surface area contributed by atoms with E-state index >= 15 is 0 Å². The predicted octanol–water partition coefficient (Wildman–Crippen LogP) is 8.01. The van der Waals surface area contributed by atoms with E-state index in [9.17, 15) is 4.79 Å². The Labute approximate surface area is 222 Å². The third kappa shape index (κ3) is 6.13. The molecule has 0 saturated carbocycles. The van der Waals surface area contributed by atoms with Gasteiger partial charge >= 0.3 is 0 Å². The highest BCUT2D eigenvalue weighted by atomic mass is 35.5. The van der Waals surface area contributed by atoms with Crippen LogP contribution in [-0.2, 0) is 5.41 Å². The first kappa shape index (κ1) is 25.9. The molecule has 1 aromatic heterocycles. The van der Waals surface area contributed by atoms with Gasteiger partial charge in [-0.1, -0.05) is 87.0 Å². The fourth-order valence-electron chi connectivity index (χ4n) is 3.97. The standard InChI is InChI=1S/C30H29Cl2N3O/c1-30(2,3)22-14-10-20(11-15-22)26(9-6-18-31)34-35-29(36)25-19-28(21-12-16-23(32)17-13-21)33-27-8-5-4-7-24(25)27/h4-5,7-8,10-17,19H,6,9,18H2,1-3H3,(H,35,36)/b34-26-. The second-order valence-corrected chi connectivity index (χ2v) is 10.5. The summed E-state index contributed by atoms with van der Waals surface area (Å²) in [6.45, 7) is 6.55. The van der Waals surface area contributed by atoms with E-state index in [2.05, 4.69) is 55.6 Å². The molecule has 4 aromatic rings. The number of hydrazone groups is 1. The van der Waals surface area contributed by atoms with Crippen LogP contribution in [0.3, 0.4) is 0 Å². The van der Waals surface area contributed by atoms with Gasteiger partial charge in [-0.05, 0) is 53.6 Å². The maximum atomic E-state index is 13.4. The average Bonchev–Trinajstić information content (AvgIpc) is 2.88. The average molecular weight is 518 g/mol. The Bertz CT molecular complexity index is 1390. The minimum absolute atomic E-state index is 0.0599. The molecule has 3 aromatic carbocycles. The van der Waals surface area contributed by atoms with E-state index < -0.39 is 0 Å². The Balaban J connectivity index is 1.68. The maximum absolute atomic E-state index is 13.4. The van der Waals surface area contributed by atoms with E-state index in [1.807, 2.05) is 48.5 Å². The van der Waals surface area contributed by atoms with Crippen LogP contribution in [0.2, 0.25) is 5.02 Å².